The van der Waals surface area contributed by atoms with Crippen LogP contribution in [0.5, 0.6) is 0 Å². The van der Waals surface area contributed by atoms with E-state index in [4.69, 9.17) is 4.42 Å². The summed E-state index contributed by atoms with van der Waals surface area (Å²) in [6.07, 6.45) is 4.36. The number of halogens is 2. The fourth-order valence-electron chi connectivity index (χ4n) is 2.35. The second-order valence-corrected chi connectivity index (χ2v) is 5.77. The van der Waals surface area contributed by atoms with Crippen LogP contribution in [0.1, 0.15) is 24.7 Å². The molecule has 2 rings (SSSR count). The average Bonchev–Trinajstić information content (AvgIpc) is 2.88. The van der Waals surface area contributed by atoms with Gasteiger partial charge >= 0.3 is 0 Å². The number of benzene rings is 1. The molecule has 0 aliphatic heterocycles. The van der Waals surface area contributed by atoms with Crippen LogP contribution in [0.3, 0.4) is 0 Å². The Morgan fingerprint density at radius 2 is 2.20 bits per heavy atom. The van der Waals surface area contributed by atoms with E-state index in [-0.39, 0.29) is 5.82 Å². The van der Waals surface area contributed by atoms with Gasteiger partial charge in [0.25, 0.3) is 0 Å². The Kier molecular flexibility index (Phi) is 5.80. The van der Waals surface area contributed by atoms with Crippen molar-refractivity contribution in [3.63, 3.8) is 0 Å². The summed E-state index contributed by atoms with van der Waals surface area (Å²) in [6.45, 7) is 2.99. The van der Waals surface area contributed by atoms with E-state index in [0.29, 0.717) is 6.04 Å². The predicted molar refractivity (Wildman–Crippen MR) is 82.3 cm³/mol. The lowest BCUT2D eigenvalue weighted by Crippen LogP contribution is -2.31. The summed E-state index contributed by atoms with van der Waals surface area (Å²) >= 11 is 3.34. The van der Waals surface area contributed by atoms with Gasteiger partial charge in [-0.05, 0) is 55.3 Å². The molecule has 1 atom stereocenters. The van der Waals surface area contributed by atoms with Crippen molar-refractivity contribution in [1.29, 1.82) is 0 Å². The molecule has 1 N–H and O–H groups in total. The molecule has 2 nitrogen and oxygen atoms in total. The van der Waals surface area contributed by atoms with E-state index >= 15 is 0 Å². The monoisotopic (exact) mass is 339 g/mol. The van der Waals surface area contributed by atoms with Crippen molar-refractivity contribution in [3.05, 3.63) is 58.2 Å². The number of hydrogen-bond acceptors (Lipinski definition) is 2. The summed E-state index contributed by atoms with van der Waals surface area (Å²) in [7, 11) is 0. The van der Waals surface area contributed by atoms with Gasteiger partial charge in [-0.3, -0.25) is 0 Å². The van der Waals surface area contributed by atoms with Gasteiger partial charge in [-0.25, -0.2) is 4.39 Å². The SMILES string of the molecule is CCNC(CCc1ccco1)Cc1cc(F)cc(Br)c1. The first-order valence-corrected chi connectivity index (χ1v) is 7.67. The first-order chi connectivity index (χ1) is 9.67. The third-order valence-corrected chi connectivity index (χ3v) is 3.67. The number of nitrogens with one attached hydrogen (secondary N) is 1. The van der Waals surface area contributed by atoms with E-state index in [1.807, 2.05) is 18.2 Å². The van der Waals surface area contributed by atoms with E-state index in [1.165, 1.54) is 6.07 Å². The molecule has 0 aliphatic carbocycles. The van der Waals surface area contributed by atoms with Gasteiger partial charge in [0, 0.05) is 16.9 Å². The molecule has 0 amide bonds. The highest BCUT2D eigenvalue weighted by atomic mass is 79.9. The lowest BCUT2D eigenvalue weighted by molar-refractivity contribution is 0.447. The number of aryl methyl sites for hydroxylation is 1. The van der Waals surface area contributed by atoms with Crippen LogP contribution in [0.2, 0.25) is 0 Å². The maximum Gasteiger partial charge on any atom is 0.124 e. The van der Waals surface area contributed by atoms with Crippen LogP contribution in [0.25, 0.3) is 0 Å². The van der Waals surface area contributed by atoms with E-state index in [2.05, 4.69) is 28.2 Å². The maximum absolute atomic E-state index is 13.4. The first kappa shape index (κ1) is 15.3. The van der Waals surface area contributed by atoms with Crippen LogP contribution in [0.15, 0.2) is 45.5 Å². The third kappa shape index (κ3) is 4.76. The van der Waals surface area contributed by atoms with Gasteiger partial charge in [0.2, 0.25) is 0 Å². The highest BCUT2D eigenvalue weighted by Crippen LogP contribution is 2.17. The van der Waals surface area contributed by atoms with Gasteiger partial charge in [0.05, 0.1) is 6.26 Å². The van der Waals surface area contributed by atoms with Crippen LogP contribution in [-0.2, 0) is 12.8 Å². The van der Waals surface area contributed by atoms with Gasteiger partial charge in [-0.2, -0.15) is 0 Å². The molecule has 108 valence electrons. The molecule has 0 aliphatic rings. The van der Waals surface area contributed by atoms with Crippen LogP contribution < -0.4 is 5.32 Å². The normalized spacial score (nSPS) is 12.6. The molecule has 0 fully saturated rings. The molecule has 4 heteroatoms. The summed E-state index contributed by atoms with van der Waals surface area (Å²) in [6, 6.07) is 9.26. The van der Waals surface area contributed by atoms with Crippen LogP contribution in [-0.4, -0.2) is 12.6 Å². The molecule has 0 bridgehead atoms. The highest BCUT2D eigenvalue weighted by molar-refractivity contribution is 9.10. The minimum atomic E-state index is -0.198. The molecule has 0 saturated carbocycles. The molecular weight excluding hydrogens is 321 g/mol. The van der Waals surface area contributed by atoms with Crippen LogP contribution in [0, 0.1) is 5.82 Å². The van der Waals surface area contributed by atoms with E-state index in [0.717, 1.165) is 41.6 Å². The Hall–Kier alpha value is -1.13. The van der Waals surface area contributed by atoms with E-state index in [1.54, 1.807) is 12.3 Å². The van der Waals surface area contributed by atoms with Crippen molar-refractivity contribution in [1.82, 2.24) is 5.32 Å². The van der Waals surface area contributed by atoms with Crippen molar-refractivity contribution < 1.29 is 8.81 Å². The second-order valence-electron chi connectivity index (χ2n) is 4.85. The number of furan rings is 1. The van der Waals surface area contributed by atoms with Gasteiger partial charge in [-0.15, -0.1) is 0 Å². The maximum atomic E-state index is 13.4. The molecule has 1 unspecified atom stereocenters. The molecule has 1 aromatic carbocycles. The molecular formula is C16H19BrFNO. The van der Waals surface area contributed by atoms with Crippen molar-refractivity contribution in [3.8, 4) is 0 Å². The van der Waals surface area contributed by atoms with Crippen LogP contribution >= 0.6 is 15.9 Å². The standard InChI is InChI=1S/C16H19BrFNO/c1-2-19-15(5-6-16-4-3-7-20-16)10-12-8-13(17)11-14(18)9-12/h3-4,7-9,11,15,19H,2,5-6,10H2,1H3. The highest BCUT2D eigenvalue weighted by Gasteiger charge is 2.11. The molecule has 0 radical (unpaired) electrons. The number of likely N-dealkylation sites (N-methyl/N-ethyl adjacent to an activating group) is 1. The van der Waals surface area contributed by atoms with E-state index < -0.39 is 0 Å². The molecule has 0 saturated heterocycles. The van der Waals surface area contributed by atoms with Gasteiger partial charge in [0.15, 0.2) is 0 Å². The Balaban J connectivity index is 1.97. The molecule has 0 spiro atoms. The van der Waals surface area contributed by atoms with Crippen molar-refractivity contribution in [2.45, 2.75) is 32.2 Å². The summed E-state index contributed by atoms with van der Waals surface area (Å²) in [5.74, 6) is 0.795. The topological polar surface area (TPSA) is 25.2 Å². The fraction of sp³-hybridized carbons (Fsp3) is 0.375. The second kappa shape index (κ2) is 7.60. The average molecular weight is 340 g/mol. The zero-order chi connectivity index (χ0) is 14.4. The van der Waals surface area contributed by atoms with Gasteiger partial charge < -0.3 is 9.73 Å². The summed E-state index contributed by atoms with van der Waals surface area (Å²) in [5.41, 5.74) is 1.00. The molecule has 2 aromatic rings. The Morgan fingerprint density at radius 3 is 2.85 bits per heavy atom. The zero-order valence-corrected chi connectivity index (χ0v) is 13.1. The first-order valence-electron chi connectivity index (χ1n) is 6.88. The largest absolute Gasteiger partial charge is 0.469 e. The number of rotatable bonds is 7. The Morgan fingerprint density at radius 1 is 1.35 bits per heavy atom. The summed E-state index contributed by atoms with van der Waals surface area (Å²) in [5, 5.41) is 3.45. The third-order valence-electron chi connectivity index (χ3n) is 3.22. The molecule has 1 aromatic heterocycles. The minimum absolute atomic E-state index is 0.198. The molecule has 1 heterocycles. The smallest absolute Gasteiger partial charge is 0.124 e. The summed E-state index contributed by atoms with van der Waals surface area (Å²) in [4.78, 5) is 0. The van der Waals surface area contributed by atoms with Crippen molar-refractivity contribution in [2.24, 2.45) is 0 Å². The Bertz CT molecular complexity index is 507. The Labute approximate surface area is 127 Å². The van der Waals surface area contributed by atoms with E-state index in [9.17, 15) is 4.39 Å². The van der Waals surface area contributed by atoms with Crippen molar-refractivity contribution >= 4 is 15.9 Å². The van der Waals surface area contributed by atoms with Gasteiger partial charge in [-0.1, -0.05) is 22.9 Å². The molecule has 20 heavy (non-hydrogen) atoms. The van der Waals surface area contributed by atoms with Gasteiger partial charge in [0.1, 0.15) is 11.6 Å². The fourth-order valence-corrected chi connectivity index (χ4v) is 2.86. The quantitative estimate of drug-likeness (QED) is 0.811. The zero-order valence-electron chi connectivity index (χ0n) is 11.5. The number of hydrogen-bond donors (Lipinski definition) is 1. The minimum Gasteiger partial charge on any atom is -0.469 e. The predicted octanol–water partition coefficient (Wildman–Crippen LogP) is 4.33. The lowest BCUT2D eigenvalue weighted by atomic mass is 10.0. The van der Waals surface area contributed by atoms with Crippen molar-refractivity contribution in [2.75, 3.05) is 6.54 Å². The van der Waals surface area contributed by atoms with Crippen LogP contribution in [0.4, 0.5) is 4.39 Å². The summed E-state index contributed by atoms with van der Waals surface area (Å²) < 4.78 is 19.5. The lowest BCUT2D eigenvalue weighted by Gasteiger charge is -2.17.